The first-order chi connectivity index (χ1) is 14.2. The minimum Gasteiger partial charge on any atom is -0.379 e. The summed E-state index contributed by atoms with van der Waals surface area (Å²) in [4.78, 5) is 32.6. The number of fused-ring (bicyclic) bond motifs is 1. The third kappa shape index (κ3) is 4.97. The highest BCUT2D eigenvalue weighted by molar-refractivity contribution is 5.89. The molecule has 3 heterocycles. The molecule has 4 rings (SSSR count). The molecule has 0 aliphatic carbocycles. The van der Waals surface area contributed by atoms with Gasteiger partial charge in [0.1, 0.15) is 0 Å². The van der Waals surface area contributed by atoms with Crippen molar-refractivity contribution in [3.8, 4) is 0 Å². The van der Waals surface area contributed by atoms with E-state index in [-0.39, 0.29) is 17.7 Å². The molecule has 0 spiro atoms. The van der Waals surface area contributed by atoms with Gasteiger partial charge in [-0.3, -0.25) is 14.5 Å². The molecule has 1 aromatic carbocycles. The van der Waals surface area contributed by atoms with E-state index < -0.39 is 0 Å². The number of benzene rings is 1. The number of aromatic amines is 1. The highest BCUT2D eigenvalue weighted by Gasteiger charge is 2.27. The third-order valence-corrected chi connectivity index (χ3v) is 6.07. The summed E-state index contributed by atoms with van der Waals surface area (Å²) in [6, 6.07) is 8.04. The largest absolute Gasteiger partial charge is 0.379 e. The number of carbonyl (C=O) groups is 2. The van der Waals surface area contributed by atoms with Gasteiger partial charge in [0.15, 0.2) is 0 Å². The molecule has 2 fully saturated rings. The van der Waals surface area contributed by atoms with E-state index in [2.05, 4.69) is 15.2 Å². The Hall–Kier alpha value is -2.38. The summed E-state index contributed by atoms with van der Waals surface area (Å²) in [7, 11) is 0. The van der Waals surface area contributed by atoms with Crippen molar-refractivity contribution >= 4 is 22.7 Å². The molecule has 2 amide bonds. The Balaban J connectivity index is 1.20. The van der Waals surface area contributed by atoms with E-state index in [0.29, 0.717) is 26.1 Å². The Morgan fingerprint density at radius 2 is 1.86 bits per heavy atom. The topological polar surface area (TPSA) is 77.7 Å². The average molecular weight is 399 g/mol. The van der Waals surface area contributed by atoms with Crippen LogP contribution in [0.4, 0.5) is 0 Å². The second kappa shape index (κ2) is 9.41. The first kappa shape index (κ1) is 19.9. The smallest absolute Gasteiger partial charge is 0.227 e. The fraction of sp³-hybridized carbons (Fsp3) is 0.545. The van der Waals surface area contributed by atoms with Crippen molar-refractivity contribution in [3.05, 3.63) is 36.0 Å². The summed E-state index contributed by atoms with van der Waals surface area (Å²) in [5.41, 5.74) is 2.09. The zero-order valence-corrected chi connectivity index (χ0v) is 16.9. The summed E-state index contributed by atoms with van der Waals surface area (Å²) in [5.74, 6) is 0.278. The van der Waals surface area contributed by atoms with Crippen LogP contribution in [0.15, 0.2) is 30.5 Å². The molecule has 7 nitrogen and oxygen atoms in total. The van der Waals surface area contributed by atoms with Gasteiger partial charge in [-0.05, 0) is 24.5 Å². The number of rotatable bonds is 6. The van der Waals surface area contributed by atoms with Gasteiger partial charge in [0.2, 0.25) is 11.8 Å². The Morgan fingerprint density at radius 1 is 1.10 bits per heavy atom. The Kier molecular flexibility index (Phi) is 6.46. The van der Waals surface area contributed by atoms with E-state index in [1.165, 1.54) is 0 Å². The summed E-state index contributed by atoms with van der Waals surface area (Å²) in [5, 5.41) is 4.18. The van der Waals surface area contributed by atoms with Crippen molar-refractivity contribution in [1.29, 1.82) is 0 Å². The molecule has 156 valence electrons. The molecule has 2 aliphatic rings. The van der Waals surface area contributed by atoms with Crippen LogP contribution in [0, 0.1) is 5.92 Å². The normalized spacial score (nSPS) is 18.8. The molecular formula is C22H30N4O3. The molecule has 2 aromatic rings. The number of morpholine rings is 1. The molecule has 0 saturated carbocycles. The van der Waals surface area contributed by atoms with Gasteiger partial charge in [-0.25, -0.2) is 0 Å². The van der Waals surface area contributed by atoms with Crippen molar-refractivity contribution in [2.45, 2.75) is 19.3 Å². The van der Waals surface area contributed by atoms with Crippen molar-refractivity contribution in [3.63, 3.8) is 0 Å². The maximum absolute atomic E-state index is 12.7. The Labute approximate surface area is 171 Å². The second-order valence-electron chi connectivity index (χ2n) is 7.94. The highest BCUT2D eigenvalue weighted by atomic mass is 16.5. The number of amides is 2. The van der Waals surface area contributed by atoms with Crippen molar-refractivity contribution in [2.24, 2.45) is 5.92 Å². The Morgan fingerprint density at radius 3 is 2.66 bits per heavy atom. The second-order valence-corrected chi connectivity index (χ2v) is 7.94. The molecule has 0 atom stereocenters. The average Bonchev–Trinajstić information content (AvgIpc) is 3.17. The van der Waals surface area contributed by atoms with Crippen LogP contribution in [-0.4, -0.2) is 79.1 Å². The number of ether oxygens (including phenoxy) is 1. The maximum Gasteiger partial charge on any atom is 0.227 e. The lowest BCUT2D eigenvalue weighted by molar-refractivity contribution is -0.135. The predicted octanol–water partition coefficient (Wildman–Crippen LogP) is 1.40. The van der Waals surface area contributed by atoms with Crippen LogP contribution >= 0.6 is 0 Å². The van der Waals surface area contributed by atoms with Gasteiger partial charge >= 0.3 is 0 Å². The predicted molar refractivity (Wildman–Crippen MR) is 112 cm³/mol. The van der Waals surface area contributed by atoms with Gasteiger partial charge in [0.25, 0.3) is 0 Å². The van der Waals surface area contributed by atoms with Crippen LogP contribution in [0.5, 0.6) is 0 Å². The van der Waals surface area contributed by atoms with Crippen LogP contribution < -0.4 is 5.32 Å². The number of hydrogen-bond donors (Lipinski definition) is 2. The quantitative estimate of drug-likeness (QED) is 0.771. The number of nitrogens with one attached hydrogen (secondary N) is 2. The molecule has 29 heavy (non-hydrogen) atoms. The van der Waals surface area contributed by atoms with E-state index in [9.17, 15) is 9.59 Å². The van der Waals surface area contributed by atoms with Crippen molar-refractivity contribution in [1.82, 2.24) is 20.1 Å². The number of H-pyrrole nitrogens is 1. The van der Waals surface area contributed by atoms with Crippen molar-refractivity contribution in [2.75, 3.05) is 52.5 Å². The zero-order valence-electron chi connectivity index (χ0n) is 16.9. The maximum atomic E-state index is 12.7. The van der Waals surface area contributed by atoms with Crippen LogP contribution in [0.25, 0.3) is 10.9 Å². The molecular weight excluding hydrogens is 368 g/mol. The van der Waals surface area contributed by atoms with Gasteiger partial charge in [0, 0.05) is 62.3 Å². The third-order valence-electron chi connectivity index (χ3n) is 6.07. The number of aromatic nitrogens is 1. The van der Waals surface area contributed by atoms with Gasteiger partial charge in [0.05, 0.1) is 19.6 Å². The number of nitrogens with zero attached hydrogens (tertiary/aromatic N) is 2. The number of carbonyl (C=O) groups excluding carboxylic acids is 2. The fourth-order valence-electron chi connectivity index (χ4n) is 4.25. The summed E-state index contributed by atoms with van der Waals surface area (Å²) in [6.07, 6.45) is 3.81. The van der Waals surface area contributed by atoms with Gasteiger partial charge in [-0.1, -0.05) is 18.2 Å². The standard InChI is InChI=1S/C22H30N4O3/c27-21(15-18-16-24-20-4-2-1-3-19(18)20)26-8-5-17(6-9-26)22(28)23-7-10-25-11-13-29-14-12-25/h1-4,16-17,24H,5-15H2,(H,23,28). The lowest BCUT2D eigenvalue weighted by Gasteiger charge is -2.32. The van der Waals surface area contributed by atoms with Gasteiger partial charge in [-0.2, -0.15) is 0 Å². The molecule has 0 bridgehead atoms. The van der Waals surface area contributed by atoms with E-state index in [1.807, 2.05) is 35.4 Å². The lowest BCUT2D eigenvalue weighted by atomic mass is 9.95. The van der Waals surface area contributed by atoms with E-state index in [1.54, 1.807) is 0 Å². The number of piperidine rings is 1. The van der Waals surface area contributed by atoms with Gasteiger partial charge in [-0.15, -0.1) is 0 Å². The van der Waals surface area contributed by atoms with Gasteiger partial charge < -0.3 is 19.9 Å². The first-order valence-electron chi connectivity index (χ1n) is 10.6. The fourth-order valence-corrected chi connectivity index (χ4v) is 4.25. The lowest BCUT2D eigenvalue weighted by Crippen LogP contribution is -2.45. The van der Waals surface area contributed by atoms with Crippen LogP contribution in [0.3, 0.4) is 0 Å². The SMILES string of the molecule is O=C(NCCN1CCOCC1)C1CCN(C(=O)Cc2c[nH]c3ccccc23)CC1. The number of para-hydroxylation sites is 1. The monoisotopic (exact) mass is 398 g/mol. The van der Waals surface area contributed by atoms with E-state index >= 15 is 0 Å². The minimum absolute atomic E-state index is 0.0110. The molecule has 0 unspecified atom stereocenters. The van der Waals surface area contributed by atoms with E-state index in [0.717, 1.165) is 62.2 Å². The highest BCUT2D eigenvalue weighted by Crippen LogP contribution is 2.21. The zero-order chi connectivity index (χ0) is 20.1. The van der Waals surface area contributed by atoms with Crippen LogP contribution in [0.1, 0.15) is 18.4 Å². The number of likely N-dealkylation sites (tertiary alicyclic amines) is 1. The molecule has 0 radical (unpaired) electrons. The summed E-state index contributed by atoms with van der Waals surface area (Å²) < 4.78 is 5.34. The number of hydrogen-bond acceptors (Lipinski definition) is 4. The van der Waals surface area contributed by atoms with E-state index in [4.69, 9.17) is 4.74 Å². The molecule has 7 heteroatoms. The summed E-state index contributed by atoms with van der Waals surface area (Å²) in [6.45, 7) is 6.29. The molecule has 2 N–H and O–H groups in total. The minimum atomic E-state index is 0.0110. The van der Waals surface area contributed by atoms with Crippen LogP contribution in [-0.2, 0) is 20.7 Å². The molecule has 1 aromatic heterocycles. The Bertz CT molecular complexity index is 835. The molecule has 2 saturated heterocycles. The van der Waals surface area contributed by atoms with Crippen LogP contribution in [0.2, 0.25) is 0 Å². The first-order valence-corrected chi connectivity index (χ1v) is 10.6. The summed E-state index contributed by atoms with van der Waals surface area (Å²) >= 11 is 0. The molecule has 2 aliphatic heterocycles. The van der Waals surface area contributed by atoms with Crippen molar-refractivity contribution < 1.29 is 14.3 Å².